The monoisotopic (exact) mass is 406 g/mol. The maximum absolute atomic E-state index is 11.2. The second kappa shape index (κ2) is 14.7. The van der Waals surface area contributed by atoms with Crippen molar-refractivity contribution in [3.8, 4) is 0 Å². The second-order valence-corrected chi connectivity index (χ2v) is 7.28. The molecule has 6 heteroatoms. The lowest BCUT2D eigenvalue weighted by Crippen LogP contribution is -2.23. The number of nitrogens with one attached hydrogen (secondary N) is 1. The molecule has 2 unspecified atom stereocenters. The fourth-order valence-corrected chi connectivity index (χ4v) is 3.04. The van der Waals surface area contributed by atoms with E-state index in [0.29, 0.717) is 19.3 Å². The van der Waals surface area contributed by atoms with Crippen molar-refractivity contribution in [2.75, 3.05) is 13.2 Å². The minimum Gasteiger partial charge on any atom is -0.449 e. The van der Waals surface area contributed by atoms with Gasteiger partial charge in [-0.15, -0.1) is 13.2 Å². The minimum atomic E-state index is -0.352. The summed E-state index contributed by atoms with van der Waals surface area (Å²) < 4.78 is 9.47. The quantitative estimate of drug-likeness (QED) is 0.303. The van der Waals surface area contributed by atoms with Gasteiger partial charge in [-0.1, -0.05) is 57.8 Å². The normalized spacial score (nSPS) is 22.7. The van der Waals surface area contributed by atoms with Crippen molar-refractivity contribution < 1.29 is 19.1 Å². The number of fused-ring (bicyclic) bond motifs is 1. The SMILES string of the molecule is C=CC1COC(=O)N1.C=CCCCCC.CCCCC/C=C1\C2CCOC(=O)N12. The van der Waals surface area contributed by atoms with E-state index in [9.17, 15) is 9.59 Å². The Hall–Kier alpha value is -2.24. The van der Waals surface area contributed by atoms with E-state index in [1.165, 1.54) is 50.6 Å². The van der Waals surface area contributed by atoms with Gasteiger partial charge >= 0.3 is 12.2 Å². The van der Waals surface area contributed by atoms with Crippen molar-refractivity contribution in [2.45, 2.75) is 83.7 Å². The van der Waals surface area contributed by atoms with Gasteiger partial charge in [0.05, 0.1) is 18.7 Å². The summed E-state index contributed by atoms with van der Waals surface area (Å²) in [6.45, 7) is 12.5. The van der Waals surface area contributed by atoms with Crippen LogP contribution >= 0.6 is 0 Å². The molecule has 0 radical (unpaired) electrons. The van der Waals surface area contributed by atoms with Crippen LogP contribution in [0.4, 0.5) is 9.59 Å². The molecule has 3 aliphatic rings. The Balaban J connectivity index is 0.000000240. The van der Waals surface area contributed by atoms with Crippen molar-refractivity contribution in [3.05, 3.63) is 37.1 Å². The topological polar surface area (TPSA) is 67.6 Å². The van der Waals surface area contributed by atoms with E-state index >= 15 is 0 Å². The smallest absolute Gasteiger partial charge is 0.414 e. The molecule has 3 rings (SSSR count). The Kier molecular flexibility index (Phi) is 12.6. The van der Waals surface area contributed by atoms with Gasteiger partial charge in [0, 0.05) is 12.1 Å². The summed E-state index contributed by atoms with van der Waals surface area (Å²) in [5, 5.41) is 2.52. The average Bonchev–Trinajstić information content (AvgIpc) is 3.28. The van der Waals surface area contributed by atoms with Crippen molar-refractivity contribution in [1.29, 1.82) is 0 Å². The second-order valence-electron chi connectivity index (χ2n) is 7.28. The van der Waals surface area contributed by atoms with E-state index in [2.05, 4.69) is 43.1 Å². The number of cyclic esters (lactones) is 2. The van der Waals surface area contributed by atoms with E-state index in [4.69, 9.17) is 4.74 Å². The predicted molar refractivity (Wildman–Crippen MR) is 117 cm³/mol. The van der Waals surface area contributed by atoms with Crippen LogP contribution in [0.5, 0.6) is 0 Å². The zero-order valence-corrected chi connectivity index (χ0v) is 18.2. The van der Waals surface area contributed by atoms with Crippen molar-refractivity contribution in [2.24, 2.45) is 0 Å². The first-order valence-corrected chi connectivity index (χ1v) is 10.9. The van der Waals surface area contributed by atoms with Crippen LogP contribution in [0.25, 0.3) is 0 Å². The average molecular weight is 407 g/mol. The number of carbonyl (C=O) groups excluding carboxylic acids is 2. The highest BCUT2D eigenvalue weighted by Gasteiger charge is 2.48. The summed E-state index contributed by atoms with van der Waals surface area (Å²) in [7, 11) is 0. The van der Waals surface area contributed by atoms with E-state index in [0.717, 1.165) is 12.8 Å². The first-order valence-electron chi connectivity index (χ1n) is 10.9. The highest BCUT2D eigenvalue weighted by Crippen LogP contribution is 2.39. The fraction of sp³-hybridized carbons (Fsp3) is 0.652. The van der Waals surface area contributed by atoms with Crippen LogP contribution in [0.15, 0.2) is 37.1 Å². The molecule has 0 bridgehead atoms. The van der Waals surface area contributed by atoms with Gasteiger partial charge in [0.2, 0.25) is 0 Å². The van der Waals surface area contributed by atoms with Crippen LogP contribution in [-0.4, -0.2) is 42.4 Å². The summed E-state index contributed by atoms with van der Waals surface area (Å²) in [6, 6.07) is 0.403. The molecule has 0 aromatic carbocycles. The van der Waals surface area contributed by atoms with Crippen molar-refractivity contribution in [1.82, 2.24) is 10.2 Å². The third-order valence-corrected chi connectivity index (χ3v) is 4.83. The van der Waals surface area contributed by atoms with Gasteiger partial charge in [-0.05, 0) is 25.7 Å². The number of nitrogens with zero attached hydrogens (tertiary/aromatic N) is 1. The Morgan fingerprint density at radius 2 is 1.76 bits per heavy atom. The molecule has 0 saturated carbocycles. The van der Waals surface area contributed by atoms with Crippen LogP contribution in [-0.2, 0) is 9.47 Å². The lowest BCUT2D eigenvalue weighted by Gasteiger charge is -2.09. The minimum absolute atomic E-state index is 0.0162. The van der Waals surface area contributed by atoms with Gasteiger partial charge in [0.1, 0.15) is 6.61 Å². The third kappa shape index (κ3) is 9.68. The molecule has 0 aromatic heterocycles. The molecule has 6 nitrogen and oxygen atoms in total. The van der Waals surface area contributed by atoms with Gasteiger partial charge in [-0.3, -0.25) is 4.90 Å². The number of rotatable bonds is 9. The van der Waals surface area contributed by atoms with Crippen LogP contribution in [0.3, 0.4) is 0 Å². The molecule has 164 valence electrons. The molecule has 3 heterocycles. The lowest BCUT2D eigenvalue weighted by atomic mass is 10.2. The molecule has 0 spiro atoms. The maximum Gasteiger partial charge on any atom is 0.414 e. The molecule has 0 aromatic rings. The first kappa shape index (κ1) is 24.8. The van der Waals surface area contributed by atoms with Crippen LogP contribution in [0, 0.1) is 0 Å². The van der Waals surface area contributed by atoms with Gasteiger partial charge in [0.15, 0.2) is 0 Å². The largest absolute Gasteiger partial charge is 0.449 e. The Morgan fingerprint density at radius 1 is 1.07 bits per heavy atom. The van der Waals surface area contributed by atoms with Crippen molar-refractivity contribution in [3.63, 3.8) is 0 Å². The maximum atomic E-state index is 11.2. The first-order chi connectivity index (χ1) is 14.1. The van der Waals surface area contributed by atoms with Crippen LogP contribution < -0.4 is 5.32 Å². The molecule has 2 amide bonds. The molecule has 29 heavy (non-hydrogen) atoms. The van der Waals surface area contributed by atoms with Gasteiger partial charge < -0.3 is 14.8 Å². The molecular weight excluding hydrogens is 368 g/mol. The van der Waals surface area contributed by atoms with E-state index < -0.39 is 0 Å². The summed E-state index contributed by atoms with van der Waals surface area (Å²) >= 11 is 0. The molecule has 3 saturated heterocycles. The van der Waals surface area contributed by atoms with E-state index in [1.54, 1.807) is 11.0 Å². The Morgan fingerprint density at radius 3 is 2.24 bits per heavy atom. The van der Waals surface area contributed by atoms with Crippen LogP contribution in [0.1, 0.15) is 71.6 Å². The standard InChI is InChI=1S/C11H17NO2.C7H14.C5H7NO2/c1-2-3-4-5-6-9-10-7-8-14-11(13)12(9)10;1-3-5-7-6-4-2;1-2-4-3-8-5(7)6-4/h6,10H,2-5,7-8H2,1H3;3H,1,4-7H2,2H3;2,4H,1,3H2,(H,6,7)/b9-6+;;. The number of hydrogen-bond donors (Lipinski definition) is 1. The molecule has 3 fully saturated rings. The molecule has 2 atom stereocenters. The summed E-state index contributed by atoms with van der Waals surface area (Å²) in [5.74, 6) is 0. The third-order valence-electron chi connectivity index (χ3n) is 4.83. The number of hydrogen-bond acceptors (Lipinski definition) is 4. The highest BCUT2D eigenvalue weighted by molar-refractivity contribution is 5.77. The summed E-state index contributed by atoms with van der Waals surface area (Å²) in [5.41, 5.74) is 1.20. The van der Waals surface area contributed by atoms with Crippen LogP contribution in [0.2, 0.25) is 0 Å². The number of allylic oxidation sites excluding steroid dienone is 2. The number of unbranched alkanes of at least 4 members (excludes halogenated alkanes) is 6. The number of amides is 2. The summed E-state index contributed by atoms with van der Waals surface area (Å²) in [6.07, 6.45) is 16.3. The zero-order valence-electron chi connectivity index (χ0n) is 18.2. The predicted octanol–water partition coefficient (Wildman–Crippen LogP) is 5.71. The van der Waals surface area contributed by atoms with E-state index in [-0.39, 0.29) is 18.2 Å². The van der Waals surface area contributed by atoms with Gasteiger partial charge in [-0.2, -0.15) is 0 Å². The van der Waals surface area contributed by atoms with Crippen molar-refractivity contribution >= 4 is 12.2 Å². The van der Waals surface area contributed by atoms with Gasteiger partial charge in [-0.25, -0.2) is 9.59 Å². The zero-order chi connectivity index (χ0) is 21.5. The molecule has 3 aliphatic heterocycles. The fourth-order valence-electron chi connectivity index (χ4n) is 3.04. The number of ether oxygens (including phenoxy) is 2. The molecule has 1 N–H and O–H groups in total. The van der Waals surface area contributed by atoms with E-state index in [1.807, 2.05) is 6.08 Å². The number of alkyl carbamates (subject to hydrolysis) is 1. The van der Waals surface area contributed by atoms with Gasteiger partial charge in [0.25, 0.3) is 0 Å². The molecular formula is C23H38N2O4. The Bertz CT molecular complexity index is 559. The highest BCUT2D eigenvalue weighted by atomic mass is 16.6. The lowest BCUT2D eigenvalue weighted by molar-refractivity contribution is 0.111. The Labute approximate surface area is 176 Å². The summed E-state index contributed by atoms with van der Waals surface area (Å²) in [4.78, 5) is 23.2. The number of carbonyl (C=O) groups is 2. The molecule has 0 aliphatic carbocycles.